The van der Waals surface area contributed by atoms with E-state index in [2.05, 4.69) is 5.32 Å². The molecule has 0 spiro atoms. The molecule has 1 aromatic heterocycles. The lowest BCUT2D eigenvalue weighted by Gasteiger charge is -2.20. The Morgan fingerprint density at radius 1 is 1.50 bits per heavy atom. The maximum Gasteiger partial charge on any atom is 0.253 e. The van der Waals surface area contributed by atoms with Gasteiger partial charge in [0, 0.05) is 12.6 Å². The van der Waals surface area contributed by atoms with Crippen LogP contribution in [0.3, 0.4) is 0 Å². The second kappa shape index (κ2) is 6.65. The van der Waals surface area contributed by atoms with Crippen LogP contribution in [0.25, 0.3) is 0 Å². The Hall–Kier alpha value is -0.970. The number of carbonyl (C=O) groups is 1. The van der Waals surface area contributed by atoms with Gasteiger partial charge in [0.15, 0.2) is 9.84 Å². The summed E-state index contributed by atoms with van der Waals surface area (Å²) in [7, 11) is -6.77. The first-order chi connectivity index (χ1) is 10.2. The maximum absolute atomic E-state index is 12.4. The molecule has 22 heavy (non-hydrogen) atoms. The van der Waals surface area contributed by atoms with Crippen LogP contribution >= 0.6 is 11.3 Å². The zero-order valence-corrected chi connectivity index (χ0v) is 14.5. The number of hydrogen-bond donors (Lipinski definition) is 1. The SMILES string of the molecule is CCN(CC(=O)N[C@@H]1CCS(=O)(=O)C1)S(=O)(=O)c1cccs1. The van der Waals surface area contributed by atoms with Crippen molar-refractivity contribution in [3.05, 3.63) is 17.5 Å². The number of amides is 1. The monoisotopic (exact) mass is 366 g/mol. The van der Waals surface area contributed by atoms with Crippen molar-refractivity contribution in [1.29, 1.82) is 0 Å². The smallest absolute Gasteiger partial charge is 0.253 e. The summed E-state index contributed by atoms with van der Waals surface area (Å²) in [5, 5.41) is 4.25. The highest BCUT2D eigenvalue weighted by Crippen LogP contribution is 2.20. The number of nitrogens with one attached hydrogen (secondary N) is 1. The van der Waals surface area contributed by atoms with E-state index in [1.54, 1.807) is 18.4 Å². The molecule has 1 N–H and O–H groups in total. The molecule has 1 amide bonds. The zero-order valence-electron chi connectivity index (χ0n) is 12.1. The Kier molecular flexibility index (Phi) is 5.25. The fraction of sp³-hybridized carbons (Fsp3) is 0.583. The Bertz CT molecular complexity index is 725. The van der Waals surface area contributed by atoms with Gasteiger partial charge in [-0.05, 0) is 17.9 Å². The Labute approximate surface area is 134 Å². The van der Waals surface area contributed by atoms with Gasteiger partial charge in [-0.1, -0.05) is 13.0 Å². The quantitative estimate of drug-likeness (QED) is 0.767. The van der Waals surface area contributed by atoms with Crippen molar-refractivity contribution in [2.45, 2.75) is 23.6 Å². The minimum Gasteiger partial charge on any atom is -0.351 e. The standard InChI is InChI=1S/C12H18N2O5S3/c1-2-14(22(18,19)12-4-3-6-20-12)8-11(15)13-10-5-7-21(16,17)9-10/h3-4,6,10H,2,5,7-9H2,1H3,(H,13,15)/t10-/m1/s1. The minimum atomic E-state index is -3.69. The van der Waals surface area contributed by atoms with Crippen molar-refractivity contribution in [1.82, 2.24) is 9.62 Å². The zero-order chi connectivity index (χ0) is 16.4. The Balaban J connectivity index is 2.00. The summed E-state index contributed by atoms with van der Waals surface area (Å²) >= 11 is 1.09. The van der Waals surface area contributed by atoms with Gasteiger partial charge in [-0.15, -0.1) is 11.3 Å². The van der Waals surface area contributed by atoms with E-state index in [0.29, 0.717) is 6.42 Å². The predicted molar refractivity (Wildman–Crippen MR) is 84.0 cm³/mol. The van der Waals surface area contributed by atoms with E-state index >= 15 is 0 Å². The van der Waals surface area contributed by atoms with Crippen LogP contribution in [0.2, 0.25) is 0 Å². The molecule has 1 atom stereocenters. The van der Waals surface area contributed by atoms with Crippen LogP contribution < -0.4 is 5.32 Å². The molecule has 1 aromatic rings. The number of sulfonamides is 1. The Morgan fingerprint density at radius 3 is 2.73 bits per heavy atom. The number of thiophene rings is 1. The first kappa shape index (κ1) is 17.4. The molecule has 1 fully saturated rings. The molecule has 0 aliphatic carbocycles. The lowest BCUT2D eigenvalue weighted by molar-refractivity contribution is -0.121. The molecule has 0 bridgehead atoms. The topological polar surface area (TPSA) is 101 Å². The normalized spacial score (nSPS) is 21.1. The van der Waals surface area contributed by atoms with E-state index in [9.17, 15) is 21.6 Å². The largest absolute Gasteiger partial charge is 0.351 e. The van der Waals surface area contributed by atoms with Crippen molar-refractivity contribution in [2.75, 3.05) is 24.6 Å². The maximum atomic E-state index is 12.4. The van der Waals surface area contributed by atoms with Crippen LogP contribution in [-0.2, 0) is 24.7 Å². The highest BCUT2D eigenvalue weighted by atomic mass is 32.2. The van der Waals surface area contributed by atoms with Gasteiger partial charge in [0.2, 0.25) is 5.91 Å². The molecule has 0 unspecified atom stereocenters. The number of hydrogen-bond acceptors (Lipinski definition) is 6. The van der Waals surface area contributed by atoms with E-state index in [4.69, 9.17) is 0 Å². The first-order valence-electron chi connectivity index (χ1n) is 6.78. The van der Waals surface area contributed by atoms with Gasteiger partial charge < -0.3 is 5.32 Å². The molecule has 124 valence electrons. The first-order valence-corrected chi connectivity index (χ1v) is 10.9. The highest BCUT2D eigenvalue weighted by molar-refractivity contribution is 7.91. The summed E-state index contributed by atoms with van der Waals surface area (Å²) in [6.45, 7) is 1.50. The average Bonchev–Trinajstić information content (AvgIpc) is 3.05. The lowest BCUT2D eigenvalue weighted by Crippen LogP contribution is -2.44. The molecule has 0 radical (unpaired) electrons. The summed E-state index contributed by atoms with van der Waals surface area (Å²) < 4.78 is 48.7. The van der Waals surface area contributed by atoms with E-state index in [0.717, 1.165) is 15.6 Å². The summed E-state index contributed by atoms with van der Waals surface area (Å²) in [6, 6.07) is 2.69. The molecule has 0 saturated carbocycles. The van der Waals surface area contributed by atoms with Crippen molar-refractivity contribution >= 4 is 37.1 Å². The molecule has 1 aliphatic rings. The summed E-state index contributed by atoms with van der Waals surface area (Å²) in [5.74, 6) is -0.505. The van der Waals surface area contributed by atoms with Gasteiger partial charge in [0.25, 0.3) is 10.0 Å². The van der Waals surface area contributed by atoms with E-state index in [1.807, 2.05) is 0 Å². The van der Waals surface area contributed by atoms with Crippen LogP contribution in [-0.4, -0.2) is 57.7 Å². The molecule has 1 aliphatic heterocycles. The van der Waals surface area contributed by atoms with Crippen molar-refractivity contribution in [2.24, 2.45) is 0 Å². The van der Waals surface area contributed by atoms with Crippen molar-refractivity contribution < 1.29 is 21.6 Å². The van der Waals surface area contributed by atoms with Gasteiger partial charge in [-0.3, -0.25) is 4.79 Å². The van der Waals surface area contributed by atoms with Crippen LogP contribution in [0.4, 0.5) is 0 Å². The highest BCUT2D eigenvalue weighted by Gasteiger charge is 2.31. The fourth-order valence-electron chi connectivity index (χ4n) is 2.25. The third kappa shape index (κ3) is 4.06. The number of sulfone groups is 1. The van der Waals surface area contributed by atoms with Crippen molar-refractivity contribution in [3.8, 4) is 0 Å². The molecule has 0 aromatic carbocycles. The van der Waals surface area contributed by atoms with Gasteiger partial charge in [-0.25, -0.2) is 16.8 Å². The number of carbonyl (C=O) groups excluding carboxylic acids is 1. The van der Waals surface area contributed by atoms with Gasteiger partial charge in [0.05, 0.1) is 18.1 Å². The minimum absolute atomic E-state index is 0.0585. The molecule has 2 rings (SSSR count). The second-order valence-corrected chi connectivity index (χ2v) is 10.4. The molecule has 10 heteroatoms. The third-order valence-electron chi connectivity index (χ3n) is 3.36. The number of nitrogens with zero attached hydrogens (tertiary/aromatic N) is 1. The van der Waals surface area contributed by atoms with E-state index in [-0.39, 0.29) is 28.8 Å². The van der Waals surface area contributed by atoms with Crippen LogP contribution in [0.15, 0.2) is 21.7 Å². The lowest BCUT2D eigenvalue weighted by atomic mass is 10.2. The molecule has 1 saturated heterocycles. The summed E-state index contributed by atoms with van der Waals surface area (Å²) in [5.41, 5.74) is 0. The molecular formula is C12H18N2O5S3. The molecule has 2 heterocycles. The second-order valence-electron chi connectivity index (χ2n) is 5.03. The molecule has 7 nitrogen and oxygen atoms in total. The van der Waals surface area contributed by atoms with E-state index < -0.39 is 31.8 Å². The van der Waals surface area contributed by atoms with Crippen molar-refractivity contribution in [3.63, 3.8) is 0 Å². The number of likely N-dealkylation sites (N-methyl/N-ethyl adjacent to an activating group) is 1. The summed E-state index contributed by atoms with van der Waals surface area (Å²) in [4.78, 5) is 12.0. The predicted octanol–water partition coefficient (Wildman–Crippen LogP) is 0.0620. The average molecular weight is 366 g/mol. The summed E-state index contributed by atoms with van der Waals surface area (Å²) in [6.07, 6.45) is 0.373. The third-order valence-corrected chi connectivity index (χ3v) is 8.42. The fourth-order valence-corrected chi connectivity index (χ4v) is 6.47. The van der Waals surface area contributed by atoms with Crippen LogP contribution in [0, 0.1) is 0 Å². The van der Waals surface area contributed by atoms with Crippen LogP contribution in [0.1, 0.15) is 13.3 Å². The van der Waals surface area contributed by atoms with Gasteiger partial charge in [0.1, 0.15) is 4.21 Å². The Morgan fingerprint density at radius 2 is 2.23 bits per heavy atom. The van der Waals surface area contributed by atoms with Gasteiger partial charge >= 0.3 is 0 Å². The van der Waals surface area contributed by atoms with Gasteiger partial charge in [-0.2, -0.15) is 4.31 Å². The van der Waals surface area contributed by atoms with Crippen LogP contribution in [0.5, 0.6) is 0 Å². The molecular weight excluding hydrogens is 348 g/mol. The van der Waals surface area contributed by atoms with E-state index in [1.165, 1.54) is 6.07 Å². The number of rotatable bonds is 6.